The first-order valence-corrected chi connectivity index (χ1v) is 6.93. The van der Waals surface area contributed by atoms with Crippen molar-refractivity contribution in [1.29, 1.82) is 0 Å². The lowest BCUT2D eigenvalue weighted by Gasteiger charge is -2.36. The van der Waals surface area contributed by atoms with Crippen LogP contribution in [0.2, 0.25) is 0 Å². The standard InChI is InChI=1S/C14H20F3N3/c15-14(16,17)11-5-4-6-12(20-11)19-10-13(9-18)7-2-1-3-8-13/h4-6H,1-3,7-10,18H2,(H,19,20). The van der Waals surface area contributed by atoms with Gasteiger partial charge in [-0.3, -0.25) is 0 Å². The lowest BCUT2D eigenvalue weighted by molar-refractivity contribution is -0.141. The molecule has 3 nitrogen and oxygen atoms in total. The SMILES string of the molecule is NCC1(CNc2cccc(C(F)(F)F)n2)CCCCC1. The highest BCUT2D eigenvalue weighted by Gasteiger charge is 2.33. The first-order valence-electron chi connectivity index (χ1n) is 6.93. The smallest absolute Gasteiger partial charge is 0.369 e. The number of nitrogens with one attached hydrogen (secondary N) is 1. The maximum Gasteiger partial charge on any atom is 0.433 e. The summed E-state index contributed by atoms with van der Waals surface area (Å²) in [6.07, 6.45) is 1.12. The highest BCUT2D eigenvalue weighted by Crippen LogP contribution is 2.35. The van der Waals surface area contributed by atoms with Crippen LogP contribution < -0.4 is 11.1 Å². The summed E-state index contributed by atoms with van der Waals surface area (Å²) in [5.74, 6) is 0.262. The molecule has 0 bridgehead atoms. The van der Waals surface area contributed by atoms with Crippen molar-refractivity contribution < 1.29 is 13.2 Å². The van der Waals surface area contributed by atoms with E-state index in [1.165, 1.54) is 12.5 Å². The molecule has 0 aliphatic heterocycles. The zero-order valence-corrected chi connectivity index (χ0v) is 11.3. The summed E-state index contributed by atoms with van der Waals surface area (Å²) in [6.45, 7) is 1.14. The zero-order valence-electron chi connectivity index (χ0n) is 11.3. The van der Waals surface area contributed by atoms with E-state index in [9.17, 15) is 13.2 Å². The lowest BCUT2D eigenvalue weighted by atomic mass is 9.74. The average Bonchev–Trinajstić information content (AvgIpc) is 2.46. The van der Waals surface area contributed by atoms with E-state index in [1.807, 2.05) is 0 Å². The van der Waals surface area contributed by atoms with Gasteiger partial charge in [0.15, 0.2) is 0 Å². The van der Waals surface area contributed by atoms with Crippen molar-refractivity contribution in [3.8, 4) is 0 Å². The van der Waals surface area contributed by atoms with Crippen molar-refractivity contribution in [2.45, 2.75) is 38.3 Å². The van der Waals surface area contributed by atoms with Crippen molar-refractivity contribution in [1.82, 2.24) is 4.98 Å². The number of nitrogens with zero attached hydrogens (tertiary/aromatic N) is 1. The molecule has 0 saturated heterocycles. The Hall–Kier alpha value is -1.30. The molecule has 2 rings (SSSR count). The van der Waals surface area contributed by atoms with Gasteiger partial charge in [0.25, 0.3) is 0 Å². The van der Waals surface area contributed by atoms with Crippen molar-refractivity contribution in [3.63, 3.8) is 0 Å². The molecule has 1 aliphatic carbocycles. The van der Waals surface area contributed by atoms with Crippen LogP contribution in [0, 0.1) is 5.41 Å². The normalized spacial score (nSPS) is 18.8. The van der Waals surface area contributed by atoms with Crippen LogP contribution in [0.15, 0.2) is 18.2 Å². The predicted octanol–water partition coefficient (Wildman–Crippen LogP) is 3.42. The van der Waals surface area contributed by atoms with Gasteiger partial charge in [-0.15, -0.1) is 0 Å². The molecule has 0 amide bonds. The van der Waals surface area contributed by atoms with Crippen LogP contribution >= 0.6 is 0 Å². The molecule has 1 aliphatic rings. The van der Waals surface area contributed by atoms with Crippen molar-refractivity contribution in [2.24, 2.45) is 11.1 Å². The predicted molar refractivity (Wildman–Crippen MR) is 72.3 cm³/mol. The van der Waals surface area contributed by atoms with Gasteiger partial charge < -0.3 is 11.1 Å². The van der Waals surface area contributed by atoms with E-state index in [2.05, 4.69) is 10.3 Å². The number of pyridine rings is 1. The van der Waals surface area contributed by atoms with E-state index in [-0.39, 0.29) is 11.2 Å². The van der Waals surface area contributed by atoms with Crippen LogP contribution in [-0.4, -0.2) is 18.1 Å². The topological polar surface area (TPSA) is 50.9 Å². The second-order valence-electron chi connectivity index (χ2n) is 5.52. The Morgan fingerprint density at radius 3 is 2.50 bits per heavy atom. The third-order valence-corrected chi connectivity index (χ3v) is 4.03. The molecule has 1 fully saturated rings. The monoisotopic (exact) mass is 287 g/mol. The van der Waals surface area contributed by atoms with Crippen LogP contribution in [0.3, 0.4) is 0 Å². The third kappa shape index (κ3) is 3.62. The highest BCUT2D eigenvalue weighted by molar-refractivity contribution is 5.36. The number of hydrogen-bond acceptors (Lipinski definition) is 3. The van der Waals surface area contributed by atoms with Gasteiger partial charge in [-0.05, 0) is 36.9 Å². The van der Waals surface area contributed by atoms with E-state index < -0.39 is 11.9 Å². The van der Waals surface area contributed by atoms with Crippen molar-refractivity contribution in [3.05, 3.63) is 23.9 Å². The molecule has 1 saturated carbocycles. The minimum absolute atomic E-state index is 0.00579. The third-order valence-electron chi connectivity index (χ3n) is 4.03. The summed E-state index contributed by atoms with van der Waals surface area (Å²) in [5, 5.41) is 3.03. The van der Waals surface area contributed by atoms with Crippen LogP contribution in [0.25, 0.3) is 0 Å². The Morgan fingerprint density at radius 1 is 1.20 bits per heavy atom. The number of alkyl halides is 3. The summed E-state index contributed by atoms with van der Waals surface area (Å²) in [5.41, 5.74) is 4.99. The molecule has 0 aromatic carbocycles. The van der Waals surface area contributed by atoms with E-state index in [0.29, 0.717) is 13.1 Å². The molecule has 0 unspecified atom stereocenters. The number of anilines is 1. The molecular formula is C14H20F3N3. The molecule has 1 aromatic heterocycles. The molecule has 0 radical (unpaired) electrons. The first kappa shape index (κ1) is 15.1. The van der Waals surface area contributed by atoms with E-state index in [1.54, 1.807) is 6.07 Å². The van der Waals surface area contributed by atoms with Gasteiger partial charge in [0.2, 0.25) is 0 Å². The van der Waals surface area contributed by atoms with Gasteiger partial charge >= 0.3 is 6.18 Å². The van der Waals surface area contributed by atoms with Crippen LogP contribution in [0.4, 0.5) is 19.0 Å². The maximum absolute atomic E-state index is 12.6. The second-order valence-corrected chi connectivity index (χ2v) is 5.52. The van der Waals surface area contributed by atoms with E-state index in [0.717, 1.165) is 31.7 Å². The number of aromatic nitrogens is 1. The fraction of sp³-hybridized carbons (Fsp3) is 0.643. The first-order chi connectivity index (χ1) is 9.45. The molecule has 112 valence electrons. The number of halogens is 3. The molecule has 1 aromatic rings. The van der Waals surface area contributed by atoms with Crippen molar-refractivity contribution in [2.75, 3.05) is 18.4 Å². The fourth-order valence-electron chi connectivity index (χ4n) is 2.72. The molecular weight excluding hydrogens is 267 g/mol. The van der Waals surface area contributed by atoms with Gasteiger partial charge in [-0.2, -0.15) is 13.2 Å². The van der Waals surface area contributed by atoms with Crippen LogP contribution in [-0.2, 0) is 6.18 Å². The van der Waals surface area contributed by atoms with Crippen LogP contribution in [0.1, 0.15) is 37.8 Å². The van der Waals surface area contributed by atoms with Gasteiger partial charge in [0.05, 0.1) is 0 Å². The summed E-state index contributed by atoms with van der Waals surface area (Å²) in [6, 6.07) is 3.90. The largest absolute Gasteiger partial charge is 0.433 e. The number of rotatable bonds is 4. The molecule has 0 spiro atoms. The molecule has 0 atom stereocenters. The number of hydrogen-bond donors (Lipinski definition) is 2. The second kappa shape index (κ2) is 5.99. The maximum atomic E-state index is 12.6. The van der Waals surface area contributed by atoms with Gasteiger partial charge in [0, 0.05) is 6.54 Å². The lowest BCUT2D eigenvalue weighted by Crippen LogP contribution is -2.39. The van der Waals surface area contributed by atoms with Crippen molar-refractivity contribution >= 4 is 5.82 Å². The Bertz CT molecular complexity index is 440. The average molecular weight is 287 g/mol. The molecule has 1 heterocycles. The Morgan fingerprint density at radius 2 is 1.90 bits per heavy atom. The highest BCUT2D eigenvalue weighted by atomic mass is 19.4. The fourth-order valence-corrected chi connectivity index (χ4v) is 2.72. The Labute approximate surface area is 116 Å². The quantitative estimate of drug-likeness (QED) is 0.892. The summed E-state index contributed by atoms with van der Waals surface area (Å²) in [4.78, 5) is 3.62. The van der Waals surface area contributed by atoms with E-state index >= 15 is 0 Å². The van der Waals surface area contributed by atoms with Gasteiger partial charge in [-0.25, -0.2) is 4.98 Å². The summed E-state index contributed by atoms with van der Waals surface area (Å²) < 4.78 is 37.8. The summed E-state index contributed by atoms with van der Waals surface area (Å²) in [7, 11) is 0. The molecule has 20 heavy (non-hydrogen) atoms. The zero-order chi connectivity index (χ0) is 14.6. The molecule has 6 heteroatoms. The van der Waals surface area contributed by atoms with Gasteiger partial charge in [0.1, 0.15) is 11.5 Å². The van der Waals surface area contributed by atoms with Crippen LogP contribution in [0.5, 0.6) is 0 Å². The molecule has 3 N–H and O–H groups in total. The van der Waals surface area contributed by atoms with Gasteiger partial charge in [-0.1, -0.05) is 25.3 Å². The minimum Gasteiger partial charge on any atom is -0.369 e. The van der Waals surface area contributed by atoms with E-state index in [4.69, 9.17) is 5.73 Å². The Balaban J connectivity index is 2.03. The Kier molecular flexibility index (Phi) is 4.52. The summed E-state index contributed by atoms with van der Waals surface area (Å²) >= 11 is 0. The minimum atomic E-state index is -4.41. The number of nitrogens with two attached hydrogens (primary N) is 1.